The number of aryl methyl sites for hydroxylation is 2. The summed E-state index contributed by atoms with van der Waals surface area (Å²) in [5, 5.41) is 12.0. The monoisotopic (exact) mass is 502 g/mol. The van der Waals surface area contributed by atoms with Crippen LogP contribution in [-0.4, -0.2) is 40.9 Å². The van der Waals surface area contributed by atoms with E-state index >= 15 is 0 Å². The first kappa shape index (κ1) is 23.0. The van der Waals surface area contributed by atoms with E-state index < -0.39 is 11.8 Å². The van der Waals surface area contributed by atoms with E-state index in [2.05, 4.69) is 20.5 Å². The molecule has 0 saturated heterocycles. The van der Waals surface area contributed by atoms with Crippen molar-refractivity contribution < 1.29 is 9.59 Å². The summed E-state index contributed by atoms with van der Waals surface area (Å²) in [6, 6.07) is 15.0. The minimum atomic E-state index is -0.606. The highest BCUT2D eigenvalue weighted by Crippen LogP contribution is 2.27. The number of nitrogens with two attached hydrogens (primary N) is 1. The number of nitrogens with zero attached hydrogens (tertiary/aromatic N) is 6. The molecule has 3 N–H and O–H groups in total. The van der Waals surface area contributed by atoms with Crippen molar-refractivity contribution in [2.24, 2.45) is 12.8 Å². The van der Waals surface area contributed by atoms with Crippen molar-refractivity contribution in [1.29, 1.82) is 0 Å². The van der Waals surface area contributed by atoms with Gasteiger partial charge < -0.3 is 11.1 Å². The lowest BCUT2D eigenvalue weighted by Gasteiger charge is -2.08. The van der Waals surface area contributed by atoms with Crippen molar-refractivity contribution in [2.45, 2.75) is 6.92 Å². The normalized spacial score (nSPS) is 11.1. The van der Waals surface area contributed by atoms with Crippen LogP contribution in [0, 0.1) is 6.92 Å². The molecule has 5 aromatic rings. The van der Waals surface area contributed by atoms with Crippen LogP contribution in [-0.2, 0) is 7.05 Å². The van der Waals surface area contributed by atoms with Gasteiger partial charge >= 0.3 is 5.69 Å². The zero-order valence-corrected chi connectivity index (χ0v) is 19.9. The van der Waals surface area contributed by atoms with E-state index in [9.17, 15) is 14.4 Å². The van der Waals surface area contributed by atoms with Crippen LogP contribution in [0.25, 0.3) is 22.3 Å². The van der Waals surface area contributed by atoms with Crippen LogP contribution in [0.1, 0.15) is 26.5 Å². The number of aromatic nitrogens is 6. The number of amides is 2. The minimum absolute atomic E-state index is 0.0873. The second-order valence-corrected chi connectivity index (χ2v) is 8.39. The first-order chi connectivity index (χ1) is 17.2. The fourth-order valence-corrected chi connectivity index (χ4v) is 4.08. The molecule has 0 fully saturated rings. The summed E-state index contributed by atoms with van der Waals surface area (Å²) in [5.74, 6) is -1.12. The number of rotatable bonds is 5. The number of benzene rings is 2. The SMILES string of the molecule is Cc1c2c(C(=O)Nc3cccc(C(N)=O)c3)nc(Cl)cc2nn1-c1ccc(-n2cnn(C)c2=O)cc1. The number of nitrogens with one attached hydrogen (secondary N) is 1. The molecule has 12 heteroatoms. The predicted octanol–water partition coefficient (Wildman–Crippen LogP) is 2.62. The van der Waals surface area contributed by atoms with Gasteiger partial charge in [0.25, 0.3) is 5.91 Å². The van der Waals surface area contributed by atoms with Gasteiger partial charge in [-0.25, -0.2) is 23.7 Å². The molecule has 2 aromatic carbocycles. The van der Waals surface area contributed by atoms with Gasteiger partial charge in [-0.05, 0) is 49.4 Å². The summed E-state index contributed by atoms with van der Waals surface area (Å²) in [4.78, 5) is 41.1. The van der Waals surface area contributed by atoms with Gasteiger partial charge in [-0.1, -0.05) is 17.7 Å². The van der Waals surface area contributed by atoms with Crippen LogP contribution in [0.5, 0.6) is 0 Å². The Kier molecular flexibility index (Phi) is 5.61. The van der Waals surface area contributed by atoms with Gasteiger partial charge in [0.1, 0.15) is 17.2 Å². The Morgan fingerprint density at radius 3 is 2.44 bits per heavy atom. The summed E-state index contributed by atoms with van der Waals surface area (Å²) < 4.78 is 4.34. The third-order valence-corrected chi connectivity index (χ3v) is 5.86. The number of anilines is 1. The molecule has 2 amide bonds. The molecule has 180 valence electrons. The van der Waals surface area contributed by atoms with Gasteiger partial charge in [-0.3, -0.25) is 9.59 Å². The lowest BCUT2D eigenvalue weighted by atomic mass is 10.1. The highest BCUT2D eigenvalue weighted by molar-refractivity contribution is 6.30. The molecule has 0 aliphatic carbocycles. The molecule has 5 rings (SSSR count). The molecule has 36 heavy (non-hydrogen) atoms. The van der Waals surface area contributed by atoms with E-state index in [-0.39, 0.29) is 22.1 Å². The van der Waals surface area contributed by atoms with E-state index in [1.54, 1.807) is 60.3 Å². The Bertz CT molecular complexity index is 1720. The first-order valence-electron chi connectivity index (χ1n) is 10.7. The zero-order chi connectivity index (χ0) is 25.6. The molecule has 0 aliphatic rings. The molecule has 3 aromatic heterocycles. The van der Waals surface area contributed by atoms with Crippen molar-refractivity contribution in [3.8, 4) is 11.4 Å². The lowest BCUT2D eigenvalue weighted by molar-refractivity contribution is 0.0995. The Morgan fingerprint density at radius 1 is 1.06 bits per heavy atom. The Balaban J connectivity index is 1.53. The zero-order valence-electron chi connectivity index (χ0n) is 19.1. The van der Waals surface area contributed by atoms with E-state index in [1.165, 1.54) is 21.6 Å². The van der Waals surface area contributed by atoms with Crippen molar-refractivity contribution in [1.82, 2.24) is 29.1 Å². The lowest BCUT2D eigenvalue weighted by Crippen LogP contribution is -2.21. The summed E-state index contributed by atoms with van der Waals surface area (Å²) in [5.41, 5.74) is 8.31. The van der Waals surface area contributed by atoms with E-state index in [1.807, 2.05) is 6.92 Å². The number of primary amides is 1. The van der Waals surface area contributed by atoms with Crippen LogP contribution in [0.15, 0.2) is 65.7 Å². The molecular weight excluding hydrogens is 484 g/mol. The fraction of sp³-hybridized carbons (Fsp3) is 0.0833. The minimum Gasteiger partial charge on any atom is -0.366 e. The van der Waals surface area contributed by atoms with Gasteiger partial charge in [-0.2, -0.15) is 10.2 Å². The van der Waals surface area contributed by atoms with Gasteiger partial charge in [-0.15, -0.1) is 0 Å². The van der Waals surface area contributed by atoms with Crippen LogP contribution in [0.4, 0.5) is 5.69 Å². The van der Waals surface area contributed by atoms with Crippen molar-refractivity contribution in [3.63, 3.8) is 0 Å². The molecule has 11 nitrogen and oxygen atoms in total. The van der Waals surface area contributed by atoms with Gasteiger partial charge in [0, 0.05) is 24.4 Å². The maximum atomic E-state index is 13.2. The highest BCUT2D eigenvalue weighted by atomic mass is 35.5. The van der Waals surface area contributed by atoms with Crippen LogP contribution in [0.2, 0.25) is 5.15 Å². The van der Waals surface area contributed by atoms with Crippen LogP contribution < -0.4 is 16.7 Å². The summed E-state index contributed by atoms with van der Waals surface area (Å²) >= 11 is 6.21. The van der Waals surface area contributed by atoms with Crippen LogP contribution in [0.3, 0.4) is 0 Å². The first-order valence-corrected chi connectivity index (χ1v) is 11.1. The molecule has 0 bridgehead atoms. The Morgan fingerprint density at radius 2 is 1.78 bits per heavy atom. The third-order valence-electron chi connectivity index (χ3n) is 5.67. The average Bonchev–Trinajstić information content (AvgIpc) is 3.37. The molecule has 3 heterocycles. The van der Waals surface area contributed by atoms with Crippen molar-refractivity contribution in [2.75, 3.05) is 5.32 Å². The molecule has 0 aliphatic heterocycles. The van der Waals surface area contributed by atoms with E-state index in [4.69, 9.17) is 17.3 Å². The number of pyridine rings is 1. The largest absolute Gasteiger partial charge is 0.366 e. The van der Waals surface area contributed by atoms with Crippen LogP contribution >= 0.6 is 11.6 Å². The second-order valence-electron chi connectivity index (χ2n) is 8.01. The number of carbonyl (C=O) groups is 2. The Hall–Kier alpha value is -4.77. The molecule has 0 atom stereocenters. The average molecular weight is 503 g/mol. The topological polar surface area (TPSA) is 143 Å². The number of hydrogen-bond donors (Lipinski definition) is 2. The predicted molar refractivity (Wildman–Crippen MR) is 134 cm³/mol. The smallest absolute Gasteiger partial charge is 0.350 e. The molecule has 0 radical (unpaired) electrons. The number of carbonyl (C=O) groups excluding carboxylic acids is 2. The number of hydrogen-bond acceptors (Lipinski definition) is 6. The van der Waals surface area contributed by atoms with Gasteiger partial charge in [0.2, 0.25) is 5.91 Å². The van der Waals surface area contributed by atoms with Gasteiger partial charge in [0.15, 0.2) is 0 Å². The standard InChI is InChI=1S/C24H19ClN8O3/c1-13-20-18(30-33(13)17-8-6-16(7-9-17)32-12-27-31(2)24(32)36)11-19(25)29-21(20)23(35)28-15-5-3-4-14(10-15)22(26)34/h3-12H,1-2H3,(H2,26,34)(H,28,35). The van der Waals surface area contributed by atoms with Gasteiger partial charge in [0.05, 0.1) is 28.0 Å². The highest BCUT2D eigenvalue weighted by Gasteiger charge is 2.21. The Labute approximate surface area is 208 Å². The maximum Gasteiger partial charge on any atom is 0.350 e. The third kappa shape index (κ3) is 4.01. The van der Waals surface area contributed by atoms with E-state index in [0.717, 1.165) is 0 Å². The quantitative estimate of drug-likeness (QED) is 0.354. The van der Waals surface area contributed by atoms with Crippen molar-refractivity contribution in [3.05, 3.63) is 93.5 Å². The summed E-state index contributed by atoms with van der Waals surface area (Å²) in [6.45, 7) is 1.81. The fourth-order valence-electron chi connectivity index (χ4n) is 3.90. The summed E-state index contributed by atoms with van der Waals surface area (Å²) in [6.07, 6.45) is 1.45. The van der Waals surface area contributed by atoms with E-state index in [0.29, 0.717) is 33.7 Å². The molecular formula is C24H19ClN8O3. The summed E-state index contributed by atoms with van der Waals surface area (Å²) in [7, 11) is 1.58. The molecule has 0 saturated carbocycles. The van der Waals surface area contributed by atoms with Crippen molar-refractivity contribution >= 4 is 40.0 Å². The second kappa shape index (κ2) is 8.78. The molecule has 0 unspecified atom stereocenters. The molecule has 0 spiro atoms. The maximum absolute atomic E-state index is 13.2. The number of halogens is 1. The number of fused-ring (bicyclic) bond motifs is 1.